The van der Waals surface area contributed by atoms with E-state index in [4.69, 9.17) is 14.2 Å². The average Bonchev–Trinajstić information content (AvgIpc) is 3.26. The van der Waals surface area contributed by atoms with Crippen molar-refractivity contribution in [1.29, 1.82) is 0 Å². The van der Waals surface area contributed by atoms with Crippen molar-refractivity contribution in [2.24, 2.45) is 5.41 Å². The van der Waals surface area contributed by atoms with Crippen LogP contribution in [0.3, 0.4) is 0 Å². The van der Waals surface area contributed by atoms with Gasteiger partial charge in [0.25, 0.3) is 0 Å². The van der Waals surface area contributed by atoms with Gasteiger partial charge in [0.1, 0.15) is 0 Å². The predicted octanol–water partition coefficient (Wildman–Crippen LogP) is 1.57. The van der Waals surface area contributed by atoms with Crippen LogP contribution in [0.4, 0.5) is 0 Å². The zero-order valence-electron chi connectivity index (χ0n) is 12.4. The highest BCUT2D eigenvalue weighted by molar-refractivity contribution is 5.55. The summed E-state index contributed by atoms with van der Waals surface area (Å²) in [6.07, 6.45) is 2.19. The van der Waals surface area contributed by atoms with Gasteiger partial charge in [-0.1, -0.05) is 6.07 Å². The molecule has 0 aliphatic heterocycles. The molecule has 2 N–H and O–H groups in total. The fourth-order valence-corrected chi connectivity index (χ4v) is 2.33. The molecule has 1 fully saturated rings. The first-order valence-electron chi connectivity index (χ1n) is 6.79. The van der Waals surface area contributed by atoms with Crippen LogP contribution < -0.4 is 19.5 Å². The number of rotatable bonds is 8. The number of methoxy groups -OCH3 is 3. The largest absolute Gasteiger partial charge is 0.493 e. The lowest BCUT2D eigenvalue weighted by Crippen LogP contribution is -2.26. The van der Waals surface area contributed by atoms with Crippen molar-refractivity contribution < 1.29 is 19.3 Å². The Balaban J connectivity index is 2.07. The molecule has 0 spiro atoms. The van der Waals surface area contributed by atoms with Crippen LogP contribution in [0, 0.1) is 5.41 Å². The van der Waals surface area contributed by atoms with E-state index in [-0.39, 0.29) is 12.0 Å². The quantitative estimate of drug-likeness (QED) is 0.757. The van der Waals surface area contributed by atoms with Crippen LogP contribution in [0.5, 0.6) is 17.2 Å². The van der Waals surface area contributed by atoms with Gasteiger partial charge in [-0.15, -0.1) is 0 Å². The summed E-state index contributed by atoms with van der Waals surface area (Å²) in [6, 6.07) is 3.84. The first-order chi connectivity index (χ1) is 9.69. The molecule has 2 rings (SSSR count). The van der Waals surface area contributed by atoms with Crippen molar-refractivity contribution in [2.75, 3.05) is 34.5 Å². The van der Waals surface area contributed by atoms with E-state index in [0.717, 1.165) is 24.9 Å². The van der Waals surface area contributed by atoms with Gasteiger partial charge in [-0.25, -0.2) is 0 Å². The van der Waals surface area contributed by atoms with E-state index in [1.165, 1.54) is 0 Å². The molecule has 0 radical (unpaired) electrons. The van der Waals surface area contributed by atoms with Crippen LogP contribution in [0.1, 0.15) is 18.4 Å². The number of hydrogen-bond donors (Lipinski definition) is 2. The highest BCUT2D eigenvalue weighted by Crippen LogP contribution is 2.44. The zero-order chi connectivity index (χ0) is 14.6. The summed E-state index contributed by atoms with van der Waals surface area (Å²) in [5, 5.41) is 12.7. The fourth-order valence-electron chi connectivity index (χ4n) is 2.33. The topological polar surface area (TPSA) is 60.0 Å². The van der Waals surface area contributed by atoms with Crippen LogP contribution >= 0.6 is 0 Å². The molecule has 0 amide bonds. The summed E-state index contributed by atoms with van der Waals surface area (Å²) in [5.41, 5.74) is 1.11. The molecule has 1 saturated carbocycles. The smallest absolute Gasteiger partial charge is 0.203 e. The van der Waals surface area contributed by atoms with Gasteiger partial charge in [-0.3, -0.25) is 0 Å². The Bertz CT molecular complexity index is 457. The normalized spacial score (nSPS) is 15.8. The summed E-state index contributed by atoms with van der Waals surface area (Å²) in [5.74, 6) is 1.95. The first kappa shape index (κ1) is 14.9. The highest BCUT2D eigenvalue weighted by atomic mass is 16.5. The SMILES string of the molecule is COc1ccc(CNCC2(CO)CC2)c(OC)c1OC. The number of ether oxygens (including phenoxy) is 3. The van der Waals surface area contributed by atoms with Crippen molar-refractivity contribution in [3.63, 3.8) is 0 Å². The highest BCUT2D eigenvalue weighted by Gasteiger charge is 2.41. The van der Waals surface area contributed by atoms with Gasteiger partial charge < -0.3 is 24.6 Å². The van der Waals surface area contributed by atoms with Gasteiger partial charge in [0.05, 0.1) is 21.3 Å². The lowest BCUT2D eigenvalue weighted by Gasteiger charge is -2.17. The Morgan fingerprint density at radius 2 is 1.80 bits per heavy atom. The maximum atomic E-state index is 9.30. The lowest BCUT2D eigenvalue weighted by molar-refractivity contribution is 0.207. The Morgan fingerprint density at radius 3 is 2.30 bits per heavy atom. The number of benzene rings is 1. The van der Waals surface area contributed by atoms with Crippen molar-refractivity contribution in [3.05, 3.63) is 17.7 Å². The number of nitrogens with one attached hydrogen (secondary N) is 1. The van der Waals surface area contributed by atoms with Crippen LogP contribution in [-0.2, 0) is 6.54 Å². The molecule has 0 bridgehead atoms. The minimum atomic E-state index is 0.101. The number of hydrogen-bond acceptors (Lipinski definition) is 5. The Kier molecular flexibility index (Phi) is 4.73. The molecule has 1 aliphatic carbocycles. The van der Waals surface area contributed by atoms with E-state index in [2.05, 4.69) is 5.32 Å². The average molecular weight is 281 g/mol. The molecule has 1 aromatic carbocycles. The summed E-state index contributed by atoms with van der Waals surface area (Å²) < 4.78 is 16.1. The molecule has 0 unspecified atom stereocenters. The maximum Gasteiger partial charge on any atom is 0.203 e. The molecule has 1 aromatic rings. The number of aliphatic hydroxyl groups excluding tert-OH is 1. The molecule has 5 nitrogen and oxygen atoms in total. The van der Waals surface area contributed by atoms with E-state index < -0.39 is 0 Å². The fraction of sp³-hybridized carbons (Fsp3) is 0.600. The molecular weight excluding hydrogens is 258 g/mol. The molecule has 112 valence electrons. The molecule has 0 aromatic heterocycles. The van der Waals surface area contributed by atoms with Crippen molar-refractivity contribution in [2.45, 2.75) is 19.4 Å². The summed E-state index contributed by atoms with van der Waals surface area (Å²) in [7, 11) is 4.83. The van der Waals surface area contributed by atoms with Crippen LogP contribution in [0.15, 0.2) is 12.1 Å². The van der Waals surface area contributed by atoms with E-state index in [0.29, 0.717) is 23.8 Å². The molecular formula is C15H23NO4. The maximum absolute atomic E-state index is 9.30. The zero-order valence-corrected chi connectivity index (χ0v) is 12.4. The number of aliphatic hydroxyl groups is 1. The molecule has 0 saturated heterocycles. The molecule has 5 heteroatoms. The van der Waals surface area contributed by atoms with E-state index in [9.17, 15) is 5.11 Å². The molecule has 0 heterocycles. The van der Waals surface area contributed by atoms with Gasteiger partial charge in [0.15, 0.2) is 11.5 Å². The summed E-state index contributed by atoms with van der Waals surface area (Å²) in [6.45, 7) is 1.75. The standard InChI is InChI=1S/C15H23NO4/c1-18-12-5-4-11(13(19-2)14(12)20-3)8-16-9-15(10-17)6-7-15/h4-5,16-17H,6-10H2,1-3H3. The summed E-state index contributed by atoms with van der Waals surface area (Å²) >= 11 is 0. The second-order valence-corrected chi connectivity index (χ2v) is 5.26. The van der Waals surface area contributed by atoms with Crippen molar-refractivity contribution in [1.82, 2.24) is 5.32 Å². The third-order valence-electron chi connectivity index (χ3n) is 3.89. The van der Waals surface area contributed by atoms with Crippen LogP contribution in [0.2, 0.25) is 0 Å². The minimum Gasteiger partial charge on any atom is -0.493 e. The van der Waals surface area contributed by atoms with Crippen LogP contribution in [-0.4, -0.2) is 39.6 Å². The monoisotopic (exact) mass is 281 g/mol. The van der Waals surface area contributed by atoms with Gasteiger partial charge in [-0.2, -0.15) is 0 Å². The third kappa shape index (κ3) is 2.99. The third-order valence-corrected chi connectivity index (χ3v) is 3.89. The summed E-state index contributed by atoms with van der Waals surface area (Å²) in [4.78, 5) is 0. The Labute approximate surface area is 119 Å². The van der Waals surface area contributed by atoms with Crippen LogP contribution in [0.25, 0.3) is 0 Å². The second-order valence-electron chi connectivity index (χ2n) is 5.26. The van der Waals surface area contributed by atoms with E-state index in [1.807, 2.05) is 12.1 Å². The van der Waals surface area contributed by atoms with Gasteiger partial charge in [-0.05, 0) is 18.9 Å². The van der Waals surface area contributed by atoms with Crippen molar-refractivity contribution in [3.8, 4) is 17.2 Å². The van der Waals surface area contributed by atoms with E-state index >= 15 is 0 Å². The Morgan fingerprint density at radius 1 is 1.10 bits per heavy atom. The molecule has 0 atom stereocenters. The predicted molar refractivity (Wildman–Crippen MR) is 76.6 cm³/mol. The molecule has 1 aliphatic rings. The van der Waals surface area contributed by atoms with Crippen molar-refractivity contribution >= 4 is 0 Å². The minimum absolute atomic E-state index is 0.101. The van der Waals surface area contributed by atoms with Gasteiger partial charge >= 0.3 is 0 Å². The lowest BCUT2D eigenvalue weighted by atomic mass is 10.1. The van der Waals surface area contributed by atoms with E-state index in [1.54, 1.807) is 21.3 Å². The van der Waals surface area contributed by atoms with Gasteiger partial charge in [0, 0.05) is 30.7 Å². The Hall–Kier alpha value is -1.46. The van der Waals surface area contributed by atoms with Gasteiger partial charge in [0.2, 0.25) is 5.75 Å². The molecule has 20 heavy (non-hydrogen) atoms. The second kappa shape index (κ2) is 6.33. The first-order valence-corrected chi connectivity index (χ1v) is 6.79.